The second-order valence-corrected chi connectivity index (χ2v) is 7.20. The maximum atomic E-state index is 13.6. The summed E-state index contributed by atoms with van der Waals surface area (Å²) in [7, 11) is 0. The van der Waals surface area contributed by atoms with Crippen molar-refractivity contribution in [3.8, 4) is 0 Å². The number of rotatable bonds is 4. The zero-order chi connectivity index (χ0) is 18.1. The van der Waals surface area contributed by atoms with Crippen molar-refractivity contribution in [2.24, 2.45) is 0 Å². The van der Waals surface area contributed by atoms with Gasteiger partial charge in [0.15, 0.2) is 11.6 Å². The fraction of sp³-hybridized carbons (Fsp3) is 0.381. The first-order valence-electron chi connectivity index (χ1n) is 9.16. The molecule has 1 aliphatic carbocycles. The van der Waals surface area contributed by atoms with Gasteiger partial charge in [0, 0.05) is 37.3 Å². The maximum Gasteiger partial charge on any atom is 0.254 e. The number of nitrogens with zero attached hydrogens (tertiary/aromatic N) is 2. The van der Waals surface area contributed by atoms with E-state index in [2.05, 4.69) is 17.0 Å². The van der Waals surface area contributed by atoms with E-state index in [0.717, 1.165) is 31.6 Å². The Kier molecular flexibility index (Phi) is 4.72. The van der Waals surface area contributed by atoms with E-state index in [1.807, 2.05) is 23.1 Å². The van der Waals surface area contributed by atoms with E-state index in [1.54, 1.807) is 0 Å². The van der Waals surface area contributed by atoms with Gasteiger partial charge < -0.3 is 4.90 Å². The Labute approximate surface area is 152 Å². The summed E-state index contributed by atoms with van der Waals surface area (Å²) in [5, 5.41) is 0. The van der Waals surface area contributed by atoms with Gasteiger partial charge in [0.1, 0.15) is 0 Å². The van der Waals surface area contributed by atoms with Crippen molar-refractivity contribution < 1.29 is 13.6 Å². The highest BCUT2D eigenvalue weighted by atomic mass is 19.2. The molecule has 2 aromatic rings. The second kappa shape index (κ2) is 7.16. The lowest BCUT2D eigenvalue weighted by molar-refractivity contribution is 0.0436. The van der Waals surface area contributed by atoms with Gasteiger partial charge in [-0.2, -0.15) is 0 Å². The predicted molar refractivity (Wildman–Crippen MR) is 95.9 cm³/mol. The quantitative estimate of drug-likeness (QED) is 0.837. The molecule has 0 spiro atoms. The minimum absolute atomic E-state index is 0.0346. The molecule has 1 unspecified atom stereocenters. The van der Waals surface area contributed by atoms with Crippen LogP contribution in [0.3, 0.4) is 0 Å². The first kappa shape index (κ1) is 17.2. The Morgan fingerprint density at radius 1 is 1.00 bits per heavy atom. The monoisotopic (exact) mass is 356 g/mol. The van der Waals surface area contributed by atoms with Crippen LogP contribution in [0.1, 0.15) is 28.8 Å². The van der Waals surface area contributed by atoms with Crippen LogP contribution in [0.2, 0.25) is 0 Å². The van der Waals surface area contributed by atoms with Crippen molar-refractivity contribution in [2.45, 2.75) is 31.3 Å². The fourth-order valence-electron chi connectivity index (χ4n) is 3.77. The fourth-order valence-corrected chi connectivity index (χ4v) is 3.77. The second-order valence-electron chi connectivity index (χ2n) is 7.20. The Bertz CT molecular complexity index is 792. The molecule has 0 N–H and O–H groups in total. The van der Waals surface area contributed by atoms with Crippen molar-refractivity contribution in [2.75, 3.05) is 19.6 Å². The minimum Gasteiger partial charge on any atom is -0.333 e. The third-order valence-electron chi connectivity index (χ3n) is 5.32. The molecular formula is C21H22F2N2O. The van der Waals surface area contributed by atoms with Crippen molar-refractivity contribution in [1.82, 2.24) is 9.80 Å². The van der Waals surface area contributed by atoms with E-state index < -0.39 is 11.6 Å². The summed E-state index contributed by atoms with van der Waals surface area (Å²) in [6, 6.07) is 14.2. The molecule has 136 valence electrons. The number of carbonyl (C=O) groups is 1. The average Bonchev–Trinajstić information content (AvgIpc) is 3.49. The van der Waals surface area contributed by atoms with Gasteiger partial charge in [0.25, 0.3) is 5.91 Å². The minimum atomic E-state index is -0.980. The molecule has 1 atom stereocenters. The molecule has 26 heavy (non-hydrogen) atoms. The molecule has 3 nitrogen and oxygen atoms in total. The van der Waals surface area contributed by atoms with E-state index in [1.165, 1.54) is 24.5 Å². The van der Waals surface area contributed by atoms with Gasteiger partial charge in [0.05, 0.1) is 0 Å². The number of piperazine rings is 1. The SMILES string of the molecule is O=C(c1ccc(F)c(F)c1)N1CCN(C2CC2)CC1Cc1ccccc1. The van der Waals surface area contributed by atoms with Gasteiger partial charge in [-0.05, 0) is 43.0 Å². The van der Waals surface area contributed by atoms with Gasteiger partial charge in [-0.1, -0.05) is 30.3 Å². The van der Waals surface area contributed by atoms with E-state index in [0.29, 0.717) is 12.6 Å². The molecule has 1 saturated carbocycles. The molecule has 2 aliphatic rings. The van der Waals surface area contributed by atoms with Gasteiger partial charge >= 0.3 is 0 Å². The standard InChI is InChI=1S/C21H22F2N2O/c22-19-9-6-16(13-20(19)23)21(26)25-11-10-24(17-7-8-17)14-18(25)12-15-4-2-1-3-5-15/h1-6,9,13,17-18H,7-8,10-12,14H2. The summed E-state index contributed by atoms with van der Waals surface area (Å²) in [5.41, 5.74) is 1.39. The van der Waals surface area contributed by atoms with Crippen molar-refractivity contribution in [3.63, 3.8) is 0 Å². The first-order valence-corrected chi connectivity index (χ1v) is 9.16. The summed E-state index contributed by atoms with van der Waals surface area (Å²) in [4.78, 5) is 17.3. The number of halogens is 2. The van der Waals surface area contributed by atoms with Gasteiger partial charge in [-0.3, -0.25) is 9.69 Å². The van der Waals surface area contributed by atoms with Crippen LogP contribution in [0, 0.1) is 11.6 Å². The van der Waals surface area contributed by atoms with Crippen molar-refractivity contribution in [1.29, 1.82) is 0 Å². The molecule has 0 radical (unpaired) electrons. The molecular weight excluding hydrogens is 334 g/mol. The Morgan fingerprint density at radius 2 is 1.77 bits per heavy atom. The molecule has 2 aromatic carbocycles. The molecule has 1 heterocycles. The number of amides is 1. The van der Waals surface area contributed by atoms with Crippen LogP contribution in [-0.2, 0) is 6.42 Å². The smallest absolute Gasteiger partial charge is 0.254 e. The van der Waals surface area contributed by atoms with E-state index in [9.17, 15) is 13.6 Å². The molecule has 1 amide bonds. The summed E-state index contributed by atoms with van der Waals surface area (Å²) in [6.07, 6.45) is 3.23. The number of carbonyl (C=O) groups excluding carboxylic acids is 1. The lowest BCUT2D eigenvalue weighted by Crippen LogP contribution is -2.56. The summed E-state index contributed by atoms with van der Waals surface area (Å²) in [6.45, 7) is 2.28. The van der Waals surface area contributed by atoms with Gasteiger partial charge in [-0.25, -0.2) is 8.78 Å². The molecule has 2 fully saturated rings. The van der Waals surface area contributed by atoms with Gasteiger partial charge in [-0.15, -0.1) is 0 Å². The molecule has 5 heteroatoms. The molecule has 1 aliphatic heterocycles. The van der Waals surface area contributed by atoms with E-state index in [-0.39, 0.29) is 17.5 Å². The van der Waals surface area contributed by atoms with Crippen LogP contribution in [0.25, 0.3) is 0 Å². The summed E-state index contributed by atoms with van der Waals surface area (Å²) in [5.74, 6) is -2.13. The third-order valence-corrected chi connectivity index (χ3v) is 5.32. The lowest BCUT2D eigenvalue weighted by Gasteiger charge is -2.42. The van der Waals surface area contributed by atoms with Crippen LogP contribution in [-0.4, -0.2) is 47.4 Å². The molecule has 0 bridgehead atoms. The molecule has 1 saturated heterocycles. The highest BCUT2D eigenvalue weighted by Crippen LogP contribution is 2.30. The topological polar surface area (TPSA) is 23.6 Å². The molecule has 4 rings (SSSR count). The zero-order valence-corrected chi connectivity index (χ0v) is 14.6. The lowest BCUT2D eigenvalue weighted by atomic mass is 10.0. The van der Waals surface area contributed by atoms with Crippen molar-refractivity contribution >= 4 is 5.91 Å². The Hall–Kier alpha value is -2.27. The van der Waals surface area contributed by atoms with Crippen molar-refractivity contribution in [3.05, 3.63) is 71.3 Å². The molecule has 0 aromatic heterocycles. The Morgan fingerprint density at radius 3 is 2.46 bits per heavy atom. The predicted octanol–water partition coefficient (Wildman–Crippen LogP) is 3.50. The van der Waals surface area contributed by atoms with Crippen LogP contribution >= 0.6 is 0 Å². The van der Waals surface area contributed by atoms with Crippen LogP contribution in [0.4, 0.5) is 8.78 Å². The Balaban J connectivity index is 1.56. The highest BCUT2D eigenvalue weighted by Gasteiger charge is 2.37. The zero-order valence-electron chi connectivity index (χ0n) is 14.6. The van der Waals surface area contributed by atoms with Crippen LogP contribution in [0.5, 0.6) is 0 Å². The number of hydrogen-bond donors (Lipinski definition) is 0. The average molecular weight is 356 g/mol. The number of benzene rings is 2. The van der Waals surface area contributed by atoms with Gasteiger partial charge in [0.2, 0.25) is 0 Å². The van der Waals surface area contributed by atoms with E-state index >= 15 is 0 Å². The highest BCUT2D eigenvalue weighted by molar-refractivity contribution is 5.94. The maximum absolute atomic E-state index is 13.6. The first-order chi connectivity index (χ1) is 12.6. The summed E-state index contributed by atoms with van der Waals surface area (Å²) >= 11 is 0. The third kappa shape index (κ3) is 3.63. The normalized spacial score (nSPS) is 21.0. The summed E-state index contributed by atoms with van der Waals surface area (Å²) < 4.78 is 26.8. The van der Waals surface area contributed by atoms with E-state index in [4.69, 9.17) is 0 Å². The van der Waals surface area contributed by atoms with Crippen LogP contribution in [0.15, 0.2) is 48.5 Å². The van der Waals surface area contributed by atoms with Crippen LogP contribution < -0.4 is 0 Å². The largest absolute Gasteiger partial charge is 0.333 e. The number of hydrogen-bond acceptors (Lipinski definition) is 2.